The Labute approximate surface area is 201 Å². The topological polar surface area (TPSA) is 100 Å². The zero-order valence-electron chi connectivity index (χ0n) is 20.9. The predicted molar refractivity (Wildman–Crippen MR) is 135 cm³/mol. The monoisotopic (exact) mass is 465 g/mol. The number of anilines is 1. The van der Waals surface area contributed by atoms with Gasteiger partial charge in [-0.25, -0.2) is 9.97 Å². The van der Waals surface area contributed by atoms with Crippen LogP contribution in [0.2, 0.25) is 0 Å². The van der Waals surface area contributed by atoms with Gasteiger partial charge in [0.05, 0.1) is 17.5 Å². The molecule has 1 aliphatic rings. The average molecular weight is 466 g/mol. The van der Waals surface area contributed by atoms with Gasteiger partial charge in [0.25, 0.3) is 6.47 Å². The second kappa shape index (κ2) is 10.3. The summed E-state index contributed by atoms with van der Waals surface area (Å²) in [4.78, 5) is 37.1. The fraction of sp³-hybridized carbons (Fsp3) is 0.462. The van der Waals surface area contributed by atoms with Crippen LogP contribution in [0.15, 0.2) is 36.7 Å². The molecular weight excluding hydrogens is 430 g/mol. The minimum absolute atomic E-state index is 0.0646. The smallest absolute Gasteiger partial charge is 0.293 e. The van der Waals surface area contributed by atoms with E-state index in [9.17, 15) is 9.59 Å². The molecule has 0 bridgehead atoms. The zero-order chi connectivity index (χ0) is 24.9. The third-order valence-electron chi connectivity index (χ3n) is 5.33. The Morgan fingerprint density at radius 3 is 2.41 bits per heavy atom. The maximum Gasteiger partial charge on any atom is 0.293 e. The number of hydrogen-bond acceptors (Lipinski definition) is 7. The summed E-state index contributed by atoms with van der Waals surface area (Å²) in [6.45, 7) is 15.7. The number of rotatable bonds is 4. The summed E-state index contributed by atoms with van der Waals surface area (Å²) < 4.78 is 4.55. The van der Waals surface area contributed by atoms with E-state index in [1.54, 1.807) is 12.4 Å². The van der Waals surface area contributed by atoms with Crippen LogP contribution in [0.5, 0.6) is 0 Å². The number of nitrogens with one attached hydrogen (secondary N) is 2. The first kappa shape index (κ1) is 25.4. The Balaban J connectivity index is 0.000000406. The van der Waals surface area contributed by atoms with Gasteiger partial charge in [-0.2, -0.15) is 0 Å². The van der Waals surface area contributed by atoms with Crippen molar-refractivity contribution in [3.05, 3.63) is 42.2 Å². The quantitative estimate of drug-likeness (QED) is 0.439. The number of benzene rings is 1. The van der Waals surface area contributed by atoms with Crippen LogP contribution in [0, 0.1) is 5.41 Å². The standard InChI is InChI=1S/C21H25N5O.C5H10O2/c1-21(2,3)19(27)16-12-23-20-18(16)25-17(13-24-20)14-5-4-6-15(11-14)26-9-7-22-8-10-26;1-5(2,3)7-4-6/h4-6,11-13,22H,7-10H2,1-3H3,(H,23,24);4H,1-3H3. The summed E-state index contributed by atoms with van der Waals surface area (Å²) in [5.41, 5.74) is 4.08. The predicted octanol–water partition coefficient (Wildman–Crippen LogP) is 4.22. The molecule has 4 rings (SSSR count). The van der Waals surface area contributed by atoms with Crippen LogP contribution in [0.3, 0.4) is 0 Å². The number of piperazine rings is 1. The van der Waals surface area contributed by atoms with E-state index in [0.29, 0.717) is 23.2 Å². The molecule has 8 heteroatoms. The summed E-state index contributed by atoms with van der Waals surface area (Å²) in [5.74, 6) is 0.0646. The van der Waals surface area contributed by atoms with E-state index >= 15 is 0 Å². The highest BCUT2D eigenvalue weighted by Crippen LogP contribution is 2.28. The maximum absolute atomic E-state index is 12.7. The van der Waals surface area contributed by atoms with Crippen molar-refractivity contribution in [2.45, 2.75) is 47.1 Å². The largest absolute Gasteiger partial charge is 0.462 e. The lowest BCUT2D eigenvalue weighted by Crippen LogP contribution is -2.43. The molecule has 182 valence electrons. The van der Waals surface area contributed by atoms with E-state index in [1.165, 1.54) is 5.69 Å². The second-order valence-electron chi connectivity index (χ2n) is 10.3. The number of aromatic nitrogens is 3. The van der Waals surface area contributed by atoms with Gasteiger partial charge in [-0.1, -0.05) is 32.9 Å². The second-order valence-corrected chi connectivity index (χ2v) is 10.3. The van der Waals surface area contributed by atoms with E-state index < -0.39 is 5.41 Å². The number of nitrogens with zero attached hydrogens (tertiary/aromatic N) is 3. The van der Waals surface area contributed by atoms with Crippen LogP contribution in [-0.4, -0.2) is 59.0 Å². The molecule has 1 aromatic carbocycles. The van der Waals surface area contributed by atoms with E-state index in [4.69, 9.17) is 4.98 Å². The highest BCUT2D eigenvalue weighted by molar-refractivity contribution is 6.08. The number of H-pyrrole nitrogens is 1. The molecule has 8 nitrogen and oxygen atoms in total. The molecule has 0 amide bonds. The third-order valence-corrected chi connectivity index (χ3v) is 5.33. The molecule has 0 unspecified atom stereocenters. The van der Waals surface area contributed by atoms with Crippen molar-refractivity contribution < 1.29 is 14.3 Å². The number of ether oxygens (including phenoxy) is 1. The molecular formula is C26H35N5O3. The molecule has 0 aliphatic carbocycles. The highest BCUT2D eigenvalue weighted by atomic mass is 16.5. The molecule has 3 heterocycles. The fourth-order valence-electron chi connectivity index (χ4n) is 3.54. The molecule has 0 spiro atoms. The lowest BCUT2D eigenvalue weighted by molar-refractivity contribution is -0.138. The Morgan fingerprint density at radius 2 is 1.82 bits per heavy atom. The molecule has 0 saturated carbocycles. The van der Waals surface area contributed by atoms with Crippen LogP contribution < -0.4 is 10.2 Å². The van der Waals surface area contributed by atoms with E-state index in [1.807, 2.05) is 47.6 Å². The minimum Gasteiger partial charge on any atom is -0.462 e. The molecule has 34 heavy (non-hydrogen) atoms. The third kappa shape index (κ3) is 6.41. The van der Waals surface area contributed by atoms with E-state index in [2.05, 4.69) is 43.1 Å². The van der Waals surface area contributed by atoms with Crippen molar-refractivity contribution in [2.75, 3.05) is 31.1 Å². The van der Waals surface area contributed by atoms with Crippen molar-refractivity contribution in [2.24, 2.45) is 5.41 Å². The van der Waals surface area contributed by atoms with Crippen LogP contribution in [0.4, 0.5) is 5.69 Å². The number of hydrogen-bond donors (Lipinski definition) is 2. The summed E-state index contributed by atoms with van der Waals surface area (Å²) in [7, 11) is 0. The van der Waals surface area contributed by atoms with Gasteiger partial charge >= 0.3 is 0 Å². The van der Waals surface area contributed by atoms with Crippen molar-refractivity contribution in [3.63, 3.8) is 0 Å². The Hall–Kier alpha value is -3.26. The zero-order valence-corrected chi connectivity index (χ0v) is 20.9. The van der Waals surface area contributed by atoms with Gasteiger partial charge in [-0.05, 0) is 32.9 Å². The molecule has 2 aromatic heterocycles. The summed E-state index contributed by atoms with van der Waals surface area (Å²) in [6.07, 6.45) is 3.49. The van der Waals surface area contributed by atoms with Crippen LogP contribution in [0.25, 0.3) is 22.4 Å². The van der Waals surface area contributed by atoms with Gasteiger partial charge in [0.1, 0.15) is 11.1 Å². The molecule has 3 aromatic rings. The van der Waals surface area contributed by atoms with Gasteiger partial charge < -0.3 is 19.9 Å². The fourth-order valence-corrected chi connectivity index (χ4v) is 3.54. The summed E-state index contributed by atoms with van der Waals surface area (Å²) in [5, 5.41) is 3.38. The first-order valence-electron chi connectivity index (χ1n) is 11.6. The van der Waals surface area contributed by atoms with Gasteiger partial charge in [0.2, 0.25) is 0 Å². The lowest BCUT2D eigenvalue weighted by Gasteiger charge is -2.29. The number of fused-ring (bicyclic) bond motifs is 1. The molecule has 0 atom stereocenters. The van der Waals surface area contributed by atoms with Crippen molar-refractivity contribution in [3.8, 4) is 11.3 Å². The first-order valence-corrected chi connectivity index (χ1v) is 11.6. The van der Waals surface area contributed by atoms with Gasteiger partial charge in [0, 0.05) is 49.0 Å². The van der Waals surface area contributed by atoms with Crippen LogP contribution in [0.1, 0.15) is 51.9 Å². The minimum atomic E-state index is -0.463. The van der Waals surface area contributed by atoms with Crippen LogP contribution >= 0.6 is 0 Å². The Morgan fingerprint density at radius 1 is 1.12 bits per heavy atom. The molecule has 1 fully saturated rings. The normalized spacial score (nSPS) is 14.4. The summed E-state index contributed by atoms with van der Waals surface area (Å²) >= 11 is 0. The van der Waals surface area contributed by atoms with Crippen molar-refractivity contribution in [1.82, 2.24) is 20.3 Å². The number of carbonyl (C=O) groups excluding carboxylic acids is 2. The van der Waals surface area contributed by atoms with Crippen molar-refractivity contribution in [1.29, 1.82) is 0 Å². The Kier molecular flexibility index (Phi) is 7.71. The highest BCUT2D eigenvalue weighted by Gasteiger charge is 2.26. The van der Waals surface area contributed by atoms with E-state index in [-0.39, 0.29) is 11.4 Å². The van der Waals surface area contributed by atoms with E-state index in [0.717, 1.165) is 37.4 Å². The number of carbonyl (C=O) groups is 2. The molecule has 2 N–H and O–H groups in total. The molecule has 0 radical (unpaired) electrons. The first-order chi connectivity index (χ1) is 16.0. The Bertz CT molecular complexity index is 1140. The van der Waals surface area contributed by atoms with Crippen molar-refractivity contribution >= 4 is 29.1 Å². The molecule has 1 saturated heterocycles. The van der Waals surface area contributed by atoms with Gasteiger partial charge in [-0.15, -0.1) is 0 Å². The summed E-state index contributed by atoms with van der Waals surface area (Å²) in [6, 6.07) is 8.38. The lowest BCUT2D eigenvalue weighted by atomic mass is 9.87. The molecule has 1 aliphatic heterocycles. The van der Waals surface area contributed by atoms with Gasteiger partial charge in [-0.3, -0.25) is 9.59 Å². The SMILES string of the molecule is CC(C)(C)C(=O)c1c[nH]c2ncc(-c3cccc(N4CCNCC4)c3)nc12.CC(C)(C)OC=O. The van der Waals surface area contributed by atoms with Gasteiger partial charge in [0.15, 0.2) is 11.4 Å². The average Bonchev–Trinajstić information content (AvgIpc) is 3.21. The van der Waals surface area contributed by atoms with Crippen LogP contribution in [-0.2, 0) is 9.53 Å². The number of ketones is 1. The number of Topliss-reactive ketones (excluding diaryl/α,β-unsaturated/α-hetero) is 1. The maximum atomic E-state index is 12.7. The number of aromatic amines is 1.